The number of carbonyl (C=O) groups is 3. The number of hydrogen-bond acceptors (Lipinski definition) is 7. The summed E-state index contributed by atoms with van der Waals surface area (Å²) in [7, 11) is 2.76. The first kappa shape index (κ1) is 18.8. The number of hydrogen-bond donors (Lipinski definition) is 1. The highest BCUT2D eigenvalue weighted by molar-refractivity contribution is 6.38. The van der Waals surface area contributed by atoms with Gasteiger partial charge in [0.2, 0.25) is 0 Å². The Labute approximate surface area is 157 Å². The van der Waals surface area contributed by atoms with Crippen LogP contribution in [0.15, 0.2) is 41.7 Å². The molecule has 0 radical (unpaired) electrons. The number of nitrogens with one attached hydrogen (secondary N) is 1. The Bertz CT molecular complexity index is 992. The van der Waals surface area contributed by atoms with E-state index in [1.807, 2.05) is 5.32 Å². The van der Waals surface area contributed by atoms with Crippen LogP contribution < -0.4 is 19.7 Å². The highest BCUT2D eigenvalue weighted by Gasteiger charge is 2.41. The van der Waals surface area contributed by atoms with E-state index in [0.717, 1.165) is 6.08 Å². The maximum absolute atomic E-state index is 12.9. The Hall–Kier alpha value is -4.02. The van der Waals surface area contributed by atoms with Crippen LogP contribution in [0.2, 0.25) is 0 Å². The van der Waals surface area contributed by atoms with E-state index in [-0.39, 0.29) is 23.6 Å². The number of anilines is 1. The van der Waals surface area contributed by atoms with Crippen LogP contribution in [0.25, 0.3) is 0 Å². The van der Waals surface area contributed by atoms with Gasteiger partial charge in [0, 0.05) is 12.1 Å². The van der Waals surface area contributed by atoms with Gasteiger partial charge in [-0.05, 0) is 12.1 Å². The number of urea groups is 1. The number of barbiturate groups is 1. The molecule has 0 atom stereocenters. The summed E-state index contributed by atoms with van der Waals surface area (Å²) in [6, 6.07) is 3.49. The van der Waals surface area contributed by atoms with Crippen molar-refractivity contribution in [3.8, 4) is 11.5 Å². The smallest absolute Gasteiger partial charge is 0.497 e. The van der Waals surface area contributed by atoms with Crippen molar-refractivity contribution in [1.29, 1.82) is 0 Å². The van der Waals surface area contributed by atoms with Crippen molar-refractivity contribution in [2.24, 2.45) is 0 Å². The SMILES string of the molecule is COc1ccc(OC)c(N2C(=O)NC(=O)C(=CC3=CCC([N+](=O)[O-])=[O+]3)C2=O)c1. The number of allylic oxidation sites excluding steroid dienone is 1. The first-order valence-electron chi connectivity index (χ1n) is 7.87. The summed E-state index contributed by atoms with van der Waals surface area (Å²) in [4.78, 5) is 48.1. The molecule has 28 heavy (non-hydrogen) atoms. The molecule has 11 nitrogen and oxygen atoms in total. The fraction of sp³-hybridized carbons (Fsp3) is 0.176. The van der Waals surface area contributed by atoms with Gasteiger partial charge >= 0.3 is 17.7 Å². The van der Waals surface area contributed by atoms with Crippen LogP contribution in [0.1, 0.15) is 6.42 Å². The molecule has 1 fully saturated rings. The Kier molecular flexibility index (Phi) is 4.90. The molecule has 11 heteroatoms. The van der Waals surface area contributed by atoms with E-state index in [1.165, 1.54) is 32.4 Å². The molecular weight excluding hydrogens is 374 g/mol. The standard InChI is InChI=1S/C17H13N3O8/c1-26-9-3-5-13(27-2)12(8-9)19-16(22)11(15(21)18-17(19)23)7-10-4-6-14(28-10)20(24)25/h3-5,7-8H,6H2,1-2H3/p+1. The first-order valence-corrected chi connectivity index (χ1v) is 7.87. The summed E-state index contributed by atoms with van der Waals surface area (Å²) in [5.41, 5.74) is -0.373. The number of nitrogens with zero attached hydrogens (tertiary/aromatic N) is 2. The number of nitro groups is 1. The Morgan fingerprint density at radius 3 is 2.61 bits per heavy atom. The molecule has 1 N–H and O–H groups in total. The van der Waals surface area contributed by atoms with E-state index in [1.54, 1.807) is 6.07 Å². The minimum Gasteiger partial charge on any atom is -0.497 e. The number of ether oxygens (including phenoxy) is 2. The van der Waals surface area contributed by atoms with Gasteiger partial charge < -0.3 is 9.47 Å². The van der Waals surface area contributed by atoms with Gasteiger partial charge in [0.15, 0.2) is 11.3 Å². The average Bonchev–Trinajstić information content (AvgIpc) is 3.14. The summed E-state index contributed by atoms with van der Waals surface area (Å²) < 4.78 is 15.3. The molecular formula is C17H14N3O8+. The summed E-state index contributed by atoms with van der Waals surface area (Å²) >= 11 is 0. The van der Waals surface area contributed by atoms with Gasteiger partial charge in [-0.25, -0.2) is 9.69 Å². The van der Waals surface area contributed by atoms with Crippen LogP contribution in [0, 0.1) is 10.1 Å². The van der Waals surface area contributed by atoms with Crippen LogP contribution in [-0.2, 0) is 14.0 Å². The van der Waals surface area contributed by atoms with Gasteiger partial charge in [-0.2, -0.15) is 0 Å². The molecule has 144 valence electrons. The van der Waals surface area contributed by atoms with Crippen LogP contribution in [0.5, 0.6) is 11.5 Å². The van der Waals surface area contributed by atoms with E-state index >= 15 is 0 Å². The van der Waals surface area contributed by atoms with Gasteiger partial charge in [0.1, 0.15) is 17.1 Å². The van der Waals surface area contributed by atoms with Crippen LogP contribution in [-0.4, -0.2) is 42.9 Å². The minimum atomic E-state index is -0.974. The third-order valence-electron chi connectivity index (χ3n) is 3.93. The van der Waals surface area contributed by atoms with Gasteiger partial charge in [-0.15, -0.1) is 4.42 Å². The monoisotopic (exact) mass is 388 g/mol. The molecule has 2 aliphatic heterocycles. The van der Waals surface area contributed by atoms with E-state index in [2.05, 4.69) is 0 Å². The lowest BCUT2D eigenvalue weighted by molar-refractivity contribution is -0.483. The highest BCUT2D eigenvalue weighted by atomic mass is 16.6. The predicted octanol–water partition coefficient (Wildman–Crippen LogP) is 0.840. The zero-order chi connectivity index (χ0) is 20.4. The van der Waals surface area contributed by atoms with Crippen molar-refractivity contribution in [2.75, 3.05) is 19.1 Å². The number of carbonyl (C=O) groups excluding carboxylic acids is 4. The van der Waals surface area contributed by atoms with Crippen molar-refractivity contribution in [1.82, 2.24) is 5.32 Å². The zero-order valence-electron chi connectivity index (χ0n) is 14.8. The third kappa shape index (κ3) is 3.32. The molecule has 0 aromatic heterocycles. The Morgan fingerprint density at radius 1 is 1.25 bits per heavy atom. The fourth-order valence-electron chi connectivity index (χ4n) is 2.60. The third-order valence-corrected chi connectivity index (χ3v) is 3.93. The minimum absolute atomic E-state index is 0.0443. The van der Waals surface area contributed by atoms with Crippen molar-refractivity contribution < 1.29 is 33.2 Å². The molecule has 1 aromatic rings. The van der Waals surface area contributed by atoms with E-state index in [0.29, 0.717) is 10.6 Å². The lowest BCUT2D eigenvalue weighted by atomic mass is 10.1. The largest absolute Gasteiger partial charge is 0.628 e. The number of benzene rings is 1. The molecule has 1 saturated heterocycles. The molecule has 0 spiro atoms. The molecule has 4 amide bonds. The number of amides is 5. The molecule has 3 rings (SSSR count). The topological polar surface area (TPSA) is 139 Å². The van der Waals surface area contributed by atoms with Crippen LogP contribution >= 0.6 is 0 Å². The molecule has 1 aromatic carbocycles. The van der Waals surface area contributed by atoms with Crippen molar-refractivity contribution in [2.45, 2.75) is 6.42 Å². The molecule has 2 aliphatic rings. The summed E-state index contributed by atoms with van der Waals surface area (Å²) in [6.07, 6.45) is 2.30. The van der Waals surface area contributed by atoms with E-state index < -0.39 is 34.2 Å². The number of rotatable bonds is 4. The van der Waals surface area contributed by atoms with Crippen molar-refractivity contribution >= 4 is 29.4 Å². The van der Waals surface area contributed by atoms with Gasteiger partial charge in [0.25, 0.3) is 11.8 Å². The average molecular weight is 388 g/mol. The summed E-state index contributed by atoms with van der Waals surface area (Å²) in [5, 5.41) is 12.8. The van der Waals surface area contributed by atoms with Gasteiger partial charge in [-0.3, -0.25) is 25.0 Å². The zero-order valence-corrected chi connectivity index (χ0v) is 14.8. The number of methoxy groups -OCH3 is 2. The molecule has 0 bridgehead atoms. The number of imide groups is 2. The fourth-order valence-corrected chi connectivity index (χ4v) is 2.60. The first-order chi connectivity index (χ1) is 13.3. The maximum atomic E-state index is 12.9. The normalized spacial score (nSPS) is 18.0. The Balaban J connectivity index is 2.02. The quantitative estimate of drug-likeness (QED) is 0.265. The molecule has 0 saturated carbocycles. The summed E-state index contributed by atoms with van der Waals surface area (Å²) in [5.74, 6) is -1.83. The van der Waals surface area contributed by atoms with Crippen LogP contribution in [0.3, 0.4) is 0 Å². The Morgan fingerprint density at radius 2 is 2.00 bits per heavy atom. The maximum Gasteiger partial charge on any atom is 0.628 e. The second-order valence-electron chi connectivity index (χ2n) is 5.56. The highest BCUT2D eigenvalue weighted by Crippen LogP contribution is 2.34. The van der Waals surface area contributed by atoms with Gasteiger partial charge in [-0.1, -0.05) is 0 Å². The van der Waals surface area contributed by atoms with E-state index in [4.69, 9.17) is 13.9 Å². The summed E-state index contributed by atoms with van der Waals surface area (Å²) in [6.45, 7) is 0. The van der Waals surface area contributed by atoms with Crippen molar-refractivity contribution in [3.63, 3.8) is 0 Å². The predicted molar refractivity (Wildman–Crippen MR) is 93.4 cm³/mol. The van der Waals surface area contributed by atoms with Gasteiger partial charge in [0.05, 0.1) is 26.0 Å². The molecule has 0 unspecified atom stereocenters. The lowest BCUT2D eigenvalue weighted by Gasteiger charge is -2.27. The second-order valence-corrected chi connectivity index (χ2v) is 5.56. The van der Waals surface area contributed by atoms with E-state index in [9.17, 15) is 24.5 Å². The van der Waals surface area contributed by atoms with Crippen molar-refractivity contribution in [3.05, 3.63) is 51.8 Å². The molecule has 2 heterocycles. The second kappa shape index (κ2) is 7.31. The molecule has 0 aliphatic carbocycles. The van der Waals surface area contributed by atoms with Crippen LogP contribution in [0.4, 0.5) is 10.5 Å². The lowest BCUT2D eigenvalue weighted by Crippen LogP contribution is -2.54.